The molecule has 0 aromatic carbocycles. The van der Waals surface area contributed by atoms with E-state index in [4.69, 9.17) is 16.6 Å². The van der Waals surface area contributed by atoms with E-state index in [0.717, 1.165) is 0 Å². The van der Waals surface area contributed by atoms with Gasteiger partial charge in [0.15, 0.2) is 0 Å². The maximum Gasteiger partial charge on any atom is 0.327 e. The number of nitrogens with two attached hydrogens (primary N) is 2. The van der Waals surface area contributed by atoms with Gasteiger partial charge in [-0.2, -0.15) is 25.3 Å². The first-order valence-electron chi connectivity index (χ1n) is 15.0. The molecule has 0 unspecified atom stereocenters. The summed E-state index contributed by atoms with van der Waals surface area (Å²) in [6.07, 6.45) is 0.757. The zero-order valence-electron chi connectivity index (χ0n) is 26.3. The van der Waals surface area contributed by atoms with E-state index in [-0.39, 0.29) is 24.3 Å². The lowest BCUT2D eigenvalue weighted by Gasteiger charge is -2.30. The molecule has 47 heavy (non-hydrogen) atoms. The third-order valence-electron chi connectivity index (χ3n) is 7.51. The Morgan fingerprint density at radius 1 is 0.915 bits per heavy atom. The Kier molecular flexibility index (Phi) is 18.1. The summed E-state index contributed by atoms with van der Waals surface area (Å²) in [7, 11) is 0. The number of rotatable bonds is 20. The van der Waals surface area contributed by atoms with E-state index in [0.29, 0.717) is 25.8 Å². The van der Waals surface area contributed by atoms with E-state index >= 15 is 0 Å². The smallest absolute Gasteiger partial charge is 0.327 e. The highest BCUT2D eigenvalue weighted by atomic mass is 32.1. The zero-order chi connectivity index (χ0) is 35.8. The van der Waals surface area contributed by atoms with Gasteiger partial charge in [-0.3, -0.25) is 33.6 Å². The third-order valence-corrected chi connectivity index (χ3v) is 8.27. The predicted molar refractivity (Wildman–Crippen MR) is 174 cm³/mol. The molecule has 11 N–H and O–H groups in total. The van der Waals surface area contributed by atoms with Crippen LogP contribution in [0.2, 0.25) is 0 Å². The van der Waals surface area contributed by atoms with Gasteiger partial charge in [-0.1, -0.05) is 20.3 Å². The summed E-state index contributed by atoms with van der Waals surface area (Å²) in [6.45, 7) is 2.17. The number of aliphatic carboxylic acids is 1. The highest BCUT2D eigenvalue weighted by molar-refractivity contribution is 7.80. The number of likely N-dealkylation sites (tertiary alicyclic amines) is 1. The van der Waals surface area contributed by atoms with Crippen LogP contribution in [0.3, 0.4) is 0 Å². The van der Waals surface area contributed by atoms with Crippen LogP contribution in [0.25, 0.3) is 0 Å². The summed E-state index contributed by atoms with van der Waals surface area (Å²) < 4.78 is 0. The van der Waals surface area contributed by atoms with Crippen molar-refractivity contribution < 1.29 is 48.6 Å². The van der Waals surface area contributed by atoms with Crippen LogP contribution in [0.4, 0.5) is 0 Å². The van der Waals surface area contributed by atoms with Crippen LogP contribution in [-0.4, -0.2) is 130 Å². The van der Waals surface area contributed by atoms with Crippen molar-refractivity contribution in [3.05, 3.63) is 0 Å². The Bertz CT molecular complexity index is 1160. The van der Waals surface area contributed by atoms with Crippen LogP contribution in [0.1, 0.15) is 46.0 Å². The normalized spacial score (nSPS) is 18.0. The number of primary amides is 1. The molecule has 0 aromatic heterocycles. The van der Waals surface area contributed by atoms with E-state index in [1.54, 1.807) is 13.8 Å². The molecule has 0 aliphatic carbocycles. The summed E-state index contributed by atoms with van der Waals surface area (Å²) in [6, 6.07) is -7.21. The van der Waals surface area contributed by atoms with Crippen molar-refractivity contribution in [1.82, 2.24) is 31.5 Å². The Labute approximate surface area is 283 Å². The van der Waals surface area contributed by atoms with Crippen LogP contribution in [0.15, 0.2) is 0 Å². The summed E-state index contributed by atoms with van der Waals surface area (Å²) in [5.41, 5.74) is 10.9. The number of carbonyl (C=O) groups excluding carboxylic acids is 7. The molecule has 1 saturated heterocycles. The summed E-state index contributed by atoms with van der Waals surface area (Å²) in [5, 5.41) is 30.7. The minimum absolute atomic E-state index is 0.0860. The van der Waals surface area contributed by atoms with Crippen molar-refractivity contribution in [1.29, 1.82) is 0 Å². The van der Waals surface area contributed by atoms with Crippen molar-refractivity contribution in [3.8, 4) is 0 Å². The molecule has 0 aromatic rings. The summed E-state index contributed by atoms with van der Waals surface area (Å²) in [5.74, 6) is -7.39. The van der Waals surface area contributed by atoms with Crippen LogP contribution >= 0.6 is 25.3 Å². The Morgan fingerprint density at radius 2 is 1.55 bits per heavy atom. The molecule has 1 rings (SSSR count). The highest BCUT2D eigenvalue weighted by Gasteiger charge is 2.38. The van der Waals surface area contributed by atoms with Crippen LogP contribution in [0, 0.1) is 5.92 Å². The maximum absolute atomic E-state index is 13.2. The average Bonchev–Trinajstić information content (AvgIpc) is 3.54. The molecule has 266 valence electrons. The Balaban J connectivity index is 2.89. The predicted octanol–water partition coefficient (Wildman–Crippen LogP) is -4.39. The highest BCUT2D eigenvalue weighted by Crippen LogP contribution is 2.20. The van der Waals surface area contributed by atoms with Crippen molar-refractivity contribution in [2.75, 3.05) is 31.2 Å². The van der Waals surface area contributed by atoms with Crippen molar-refractivity contribution in [2.45, 2.75) is 82.2 Å². The van der Waals surface area contributed by atoms with Gasteiger partial charge in [0.05, 0.1) is 19.2 Å². The zero-order valence-corrected chi connectivity index (χ0v) is 28.1. The standard InChI is InChI=1S/C27H46N8O10S2/c1-3-13(2)21(34-24(41)18-5-4-8-35(18)26(43)14(28)11-46)25(42)32-16(10-36)22(39)30-9-20(38)31-15(6-7-19(29)37)23(40)33-17(12-47)27(44)45/h13-18,21,36,46-47H,3-12,28H2,1-2H3,(H2,29,37)(H,30,39)(H,31,38)(H,32,42)(H,33,40)(H,34,41)(H,44,45)/t13-,14-,15-,16-,17-,18-,21-/m0/s1. The first kappa shape index (κ1) is 41.4. The molecule has 0 saturated carbocycles. The molecule has 1 aliphatic rings. The number of thiol groups is 2. The fraction of sp³-hybridized carbons (Fsp3) is 0.704. The van der Waals surface area contributed by atoms with Gasteiger partial charge in [-0.05, 0) is 25.2 Å². The molecule has 1 fully saturated rings. The quantitative estimate of drug-likeness (QED) is 0.0538. The molecule has 18 nitrogen and oxygen atoms in total. The van der Waals surface area contributed by atoms with Crippen LogP contribution in [-0.2, 0) is 38.4 Å². The van der Waals surface area contributed by atoms with Gasteiger partial charge in [-0.15, -0.1) is 0 Å². The lowest BCUT2D eigenvalue weighted by Crippen LogP contribution is -2.60. The summed E-state index contributed by atoms with van der Waals surface area (Å²) >= 11 is 7.89. The fourth-order valence-corrected chi connectivity index (χ4v) is 4.95. The van der Waals surface area contributed by atoms with Gasteiger partial charge in [0.25, 0.3) is 0 Å². The van der Waals surface area contributed by atoms with Gasteiger partial charge >= 0.3 is 5.97 Å². The van der Waals surface area contributed by atoms with E-state index in [2.05, 4.69) is 51.8 Å². The molecule has 7 amide bonds. The number of nitrogens with one attached hydrogen (secondary N) is 5. The first-order valence-corrected chi connectivity index (χ1v) is 16.3. The number of nitrogens with zero attached hydrogens (tertiary/aromatic N) is 1. The Morgan fingerprint density at radius 3 is 2.09 bits per heavy atom. The van der Waals surface area contributed by atoms with E-state index in [9.17, 15) is 43.5 Å². The molecular weight excluding hydrogens is 660 g/mol. The van der Waals surface area contributed by atoms with Gasteiger partial charge in [-0.25, -0.2) is 4.79 Å². The van der Waals surface area contributed by atoms with E-state index in [1.165, 1.54) is 4.90 Å². The number of amides is 7. The lowest BCUT2D eigenvalue weighted by atomic mass is 9.97. The lowest BCUT2D eigenvalue weighted by molar-refractivity contribution is -0.141. The minimum atomic E-state index is -1.54. The largest absolute Gasteiger partial charge is 0.480 e. The second-order valence-corrected chi connectivity index (χ2v) is 11.7. The second kappa shape index (κ2) is 20.6. The van der Waals surface area contributed by atoms with Gasteiger partial charge in [0.2, 0.25) is 41.4 Å². The SMILES string of the molecule is CC[C@H](C)[C@H](NC(=O)[C@@H]1CCCN1C(=O)[C@@H](N)CS)C(=O)N[C@@H](CO)C(=O)NCC(=O)N[C@@H](CCC(N)=O)C(=O)N[C@@H](CS)C(=O)O. The molecule has 20 heteroatoms. The number of aliphatic hydroxyl groups is 1. The Hall–Kier alpha value is -3.62. The molecule has 0 bridgehead atoms. The number of carboxylic acids is 1. The van der Waals surface area contributed by atoms with Gasteiger partial charge in [0, 0.05) is 24.5 Å². The summed E-state index contributed by atoms with van der Waals surface area (Å²) in [4.78, 5) is 101. The third kappa shape index (κ3) is 13.2. The number of aliphatic hydroxyl groups excluding tert-OH is 1. The minimum Gasteiger partial charge on any atom is -0.480 e. The van der Waals surface area contributed by atoms with Crippen molar-refractivity contribution in [3.63, 3.8) is 0 Å². The van der Waals surface area contributed by atoms with Gasteiger partial charge < -0.3 is 53.2 Å². The molecule has 0 radical (unpaired) electrons. The average molecular weight is 707 g/mol. The second-order valence-electron chi connectivity index (χ2n) is 11.0. The van der Waals surface area contributed by atoms with Crippen molar-refractivity contribution in [2.24, 2.45) is 17.4 Å². The van der Waals surface area contributed by atoms with Crippen LogP contribution < -0.4 is 38.1 Å². The molecule has 1 aliphatic heterocycles. The van der Waals surface area contributed by atoms with E-state index < -0.39 is 103 Å². The van der Waals surface area contributed by atoms with Crippen LogP contribution in [0.5, 0.6) is 0 Å². The first-order chi connectivity index (χ1) is 22.1. The van der Waals surface area contributed by atoms with Crippen molar-refractivity contribution >= 4 is 72.6 Å². The topological polar surface area (TPSA) is 292 Å². The molecular formula is C27H46N8O10S2. The number of carboxylic acid groups (broad SMARTS) is 1. The van der Waals surface area contributed by atoms with E-state index in [1.807, 2.05) is 0 Å². The maximum atomic E-state index is 13.2. The van der Waals surface area contributed by atoms with Gasteiger partial charge in [0.1, 0.15) is 30.2 Å². The monoisotopic (exact) mass is 706 g/mol. The fourth-order valence-electron chi connectivity index (χ4n) is 4.55. The number of carbonyl (C=O) groups is 8. The number of hydrogen-bond donors (Lipinski definition) is 11. The number of hydrogen-bond acceptors (Lipinski definition) is 12. The molecule has 0 spiro atoms. The molecule has 1 heterocycles. The molecule has 7 atom stereocenters.